The Morgan fingerprint density at radius 1 is 1.28 bits per heavy atom. The molecule has 0 radical (unpaired) electrons. The van der Waals surface area contributed by atoms with E-state index in [1.54, 1.807) is 0 Å². The molecule has 1 aromatic carbocycles. The van der Waals surface area contributed by atoms with Crippen molar-refractivity contribution in [3.8, 4) is 12.3 Å². The first-order chi connectivity index (χ1) is 8.56. The molecule has 0 atom stereocenters. The van der Waals surface area contributed by atoms with Crippen molar-refractivity contribution in [3.63, 3.8) is 0 Å². The van der Waals surface area contributed by atoms with Gasteiger partial charge in [0.05, 0.1) is 11.3 Å². The standard InChI is InChI=1S/C13H9F2NO2/c1-2-3-4-5-16-11-9(12(17)13(16)18)6-8(14)7-10(11)15/h1,6-7H,3-5H2. The van der Waals surface area contributed by atoms with E-state index in [2.05, 4.69) is 5.92 Å². The van der Waals surface area contributed by atoms with Crippen molar-refractivity contribution >= 4 is 17.4 Å². The number of hydrogen-bond acceptors (Lipinski definition) is 2. The molecule has 18 heavy (non-hydrogen) atoms. The number of carbonyl (C=O) groups is 2. The first-order valence-corrected chi connectivity index (χ1v) is 5.35. The molecule has 1 amide bonds. The summed E-state index contributed by atoms with van der Waals surface area (Å²) >= 11 is 0. The van der Waals surface area contributed by atoms with Crippen LogP contribution in [0, 0.1) is 24.0 Å². The van der Waals surface area contributed by atoms with Crippen molar-refractivity contribution in [1.29, 1.82) is 0 Å². The van der Waals surface area contributed by atoms with Gasteiger partial charge >= 0.3 is 0 Å². The number of halogens is 2. The average molecular weight is 249 g/mol. The molecule has 0 bridgehead atoms. The van der Waals surface area contributed by atoms with Crippen molar-refractivity contribution in [2.75, 3.05) is 11.4 Å². The Morgan fingerprint density at radius 2 is 2.00 bits per heavy atom. The topological polar surface area (TPSA) is 37.4 Å². The predicted molar refractivity (Wildman–Crippen MR) is 61.1 cm³/mol. The lowest BCUT2D eigenvalue weighted by atomic mass is 10.1. The summed E-state index contributed by atoms with van der Waals surface area (Å²) < 4.78 is 26.6. The van der Waals surface area contributed by atoms with Gasteiger partial charge in [-0.25, -0.2) is 8.78 Å². The molecule has 1 aliphatic heterocycles. The van der Waals surface area contributed by atoms with Crippen molar-refractivity contribution < 1.29 is 18.4 Å². The van der Waals surface area contributed by atoms with E-state index in [4.69, 9.17) is 6.42 Å². The summed E-state index contributed by atoms with van der Waals surface area (Å²) in [5.74, 6) is -1.13. The SMILES string of the molecule is C#CCCCN1C(=O)C(=O)c2cc(F)cc(F)c21. The van der Waals surface area contributed by atoms with Gasteiger partial charge in [0.2, 0.25) is 0 Å². The highest BCUT2D eigenvalue weighted by Crippen LogP contribution is 2.32. The molecule has 0 N–H and O–H groups in total. The van der Waals surface area contributed by atoms with Crippen LogP contribution in [0.3, 0.4) is 0 Å². The number of anilines is 1. The normalized spacial score (nSPS) is 13.7. The summed E-state index contributed by atoms with van der Waals surface area (Å²) in [6.07, 6.45) is 5.94. The molecule has 0 spiro atoms. The number of fused-ring (bicyclic) bond motifs is 1. The Morgan fingerprint density at radius 3 is 2.67 bits per heavy atom. The van der Waals surface area contributed by atoms with Gasteiger partial charge in [-0.05, 0) is 12.5 Å². The fraction of sp³-hybridized carbons (Fsp3) is 0.231. The van der Waals surface area contributed by atoms with E-state index in [0.29, 0.717) is 18.9 Å². The molecule has 3 nitrogen and oxygen atoms in total. The fourth-order valence-corrected chi connectivity index (χ4v) is 1.91. The maximum Gasteiger partial charge on any atom is 0.299 e. The molecule has 1 heterocycles. The third kappa shape index (κ3) is 1.86. The van der Waals surface area contributed by atoms with E-state index < -0.39 is 23.3 Å². The van der Waals surface area contributed by atoms with Crippen LogP contribution < -0.4 is 4.90 Å². The minimum atomic E-state index is -0.912. The van der Waals surface area contributed by atoms with E-state index in [9.17, 15) is 18.4 Å². The maximum atomic E-state index is 13.6. The molecule has 0 fully saturated rings. The van der Waals surface area contributed by atoms with Gasteiger partial charge in [-0.2, -0.15) is 0 Å². The van der Waals surface area contributed by atoms with Gasteiger partial charge in [0.1, 0.15) is 5.82 Å². The van der Waals surface area contributed by atoms with E-state index in [1.807, 2.05) is 0 Å². The van der Waals surface area contributed by atoms with Gasteiger partial charge in [0.15, 0.2) is 5.82 Å². The molecule has 1 aliphatic rings. The lowest BCUT2D eigenvalue weighted by molar-refractivity contribution is -0.114. The van der Waals surface area contributed by atoms with Gasteiger partial charge < -0.3 is 4.90 Å². The van der Waals surface area contributed by atoms with Gasteiger partial charge in [-0.15, -0.1) is 12.3 Å². The molecule has 2 rings (SSSR count). The van der Waals surface area contributed by atoms with Crippen molar-refractivity contribution in [1.82, 2.24) is 0 Å². The first kappa shape index (κ1) is 12.2. The number of nitrogens with zero attached hydrogens (tertiary/aromatic N) is 1. The lowest BCUT2D eigenvalue weighted by Gasteiger charge is -2.16. The number of hydrogen-bond donors (Lipinski definition) is 0. The average Bonchev–Trinajstić information content (AvgIpc) is 2.55. The lowest BCUT2D eigenvalue weighted by Crippen LogP contribution is -2.31. The molecular formula is C13H9F2NO2. The zero-order chi connectivity index (χ0) is 13.3. The minimum Gasteiger partial charge on any atom is -0.302 e. The summed E-state index contributed by atoms with van der Waals surface area (Å²) in [7, 11) is 0. The first-order valence-electron chi connectivity index (χ1n) is 5.35. The Kier molecular flexibility index (Phi) is 3.11. The zero-order valence-corrected chi connectivity index (χ0v) is 9.37. The van der Waals surface area contributed by atoms with Crippen molar-refractivity contribution in [2.45, 2.75) is 12.8 Å². The van der Waals surface area contributed by atoms with E-state index in [1.165, 1.54) is 0 Å². The molecule has 0 unspecified atom stereocenters. The second-order valence-corrected chi connectivity index (χ2v) is 3.88. The van der Waals surface area contributed by atoms with Gasteiger partial charge in [-0.1, -0.05) is 0 Å². The highest BCUT2D eigenvalue weighted by molar-refractivity contribution is 6.52. The van der Waals surface area contributed by atoms with E-state index >= 15 is 0 Å². The van der Waals surface area contributed by atoms with Crippen molar-refractivity contribution in [2.24, 2.45) is 0 Å². The number of terminal acetylenes is 1. The quantitative estimate of drug-likeness (QED) is 0.466. The molecule has 0 saturated heterocycles. The van der Waals surface area contributed by atoms with Gasteiger partial charge in [0.25, 0.3) is 11.7 Å². The molecule has 0 aromatic heterocycles. The summed E-state index contributed by atoms with van der Waals surface area (Å²) in [5, 5.41) is 0. The van der Waals surface area contributed by atoms with Crippen LogP contribution >= 0.6 is 0 Å². The van der Waals surface area contributed by atoms with Crippen LogP contribution in [-0.4, -0.2) is 18.2 Å². The molecule has 0 aliphatic carbocycles. The Bertz CT molecular complexity index is 575. The number of rotatable bonds is 3. The molecule has 1 aromatic rings. The molecular weight excluding hydrogens is 240 g/mol. The number of benzene rings is 1. The maximum absolute atomic E-state index is 13.6. The van der Waals surface area contributed by atoms with Crippen LogP contribution in [-0.2, 0) is 4.79 Å². The highest BCUT2D eigenvalue weighted by Gasteiger charge is 2.38. The van der Waals surface area contributed by atoms with E-state index in [-0.39, 0.29) is 17.8 Å². The monoisotopic (exact) mass is 249 g/mol. The number of ketones is 1. The summed E-state index contributed by atoms with van der Waals surface area (Å²) in [6, 6.07) is 1.53. The number of carbonyl (C=O) groups excluding carboxylic acids is 2. The van der Waals surface area contributed by atoms with Crippen LogP contribution in [0.2, 0.25) is 0 Å². The number of unbranched alkanes of at least 4 members (excludes halogenated alkanes) is 1. The second-order valence-electron chi connectivity index (χ2n) is 3.88. The van der Waals surface area contributed by atoms with Gasteiger partial charge in [0, 0.05) is 19.0 Å². The zero-order valence-electron chi connectivity index (χ0n) is 9.37. The van der Waals surface area contributed by atoms with Crippen LogP contribution in [0.4, 0.5) is 14.5 Å². The van der Waals surface area contributed by atoms with Crippen LogP contribution in [0.15, 0.2) is 12.1 Å². The third-order valence-electron chi connectivity index (χ3n) is 2.68. The molecule has 92 valence electrons. The highest BCUT2D eigenvalue weighted by atomic mass is 19.1. The van der Waals surface area contributed by atoms with E-state index in [0.717, 1.165) is 11.0 Å². The Labute approximate surface area is 102 Å². The fourth-order valence-electron chi connectivity index (χ4n) is 1.91. The Balaban J connectivity index is 2.39. The predicted octanol–water partition coefficient (Wildman–Crippen LogP) is 1.91. The number of Topliss-reactive ketones (excluding diaryl/α,β-unsaturated/α-hetero) is 1. The summed E-state index contributed by atoms with van der Waals surface area (Å²) in [6.45, 7) is 0.143. The molecule has 0 saturated carbocycles. The second kappa shape index (κ2) is 4.57. The smallest absolute Gasteiger partial charge is 0.299 e. The van der Waals surface area contributed by atoms with Crippen LogP contribution in [0.5, 0.6) is 0 Å². The summed E-state index contributed by atoms with van der Waals surface area (Å²) in [4.78, 5) is 24.3. The minimum absolute atomic E-state index is 0.143. The third-order valence-corrected chi connectivity index (χ3v) is 2.68. The summed E-state index contributed by atoms with van der Waals surface area (Å²) in [5.41, 5.74) is -0.373. The number of amides is 1. The van der Waals surface area contributed by atoms with Crippen LogP contribution in [0.25, 0.3) is 0 Å². The van der Waals surface area contributed by atoms with Crippen molar-refractivity contribution in [3.05, 3.63) is 29.3 Å². The van der Waals surface area contributed by atoms with Crippen LogP contribution in [0.1, 0.15) is 23.2 Å². The molecule has 5 heteroatoms. The van der Waals surface area contributed by atoms with Gasteiger partial charge in [-0.3, -0.25) is 9.59 Å². The Hall–Kier alpha value is -2.22. The largest absolute Gasteiger partial charge is 0.302 e.